The highest BCUT2D eigenvalue weighted by atomic mass is 19.4. The van der Waals surface area contributed by atoms with Gasteiger partial charge in [-0.2, -0.15) is 13.2 Å². The largest absolute Gasteiger partial charge is 0.391 e. The summed E-state index contributed by atoms with van der Waals surface area (Å²) in [5.74, 6) is -1.24. The van der Waals surface area contributed by atoms with Crippen molar-refractivity contribution in [2.24, 2.45) is 11.7 Å². The van der Waals surface area contributed by atoms with Gasteiger partial charge in [-0.3, -0.25) is 0 Å². The van der Waals surface area contributed by atoms with Crippen LogP contribution >= 0.6 is 0 Å². The molecule has 0 aromatic heterocycles. The fraction of sp³-hybridized carbons (Fsp3) is 1.00. The van der Waals surface area contributed by atoms with Crippen LogP contribution in [0.1, 0.15) is 32.1 Å². The van der Waals surface area contributed by atoms with Gasteiger partial charge in [0, 0.05) is 0 Å². The highest BCUT2D eigenvalue weighted by Gasteiger charge is 2.44. The van der Waals surface area contributed by atoms with Crippen LogP contribution in [0.5, 0.6) is 0 Å². The van der Waals surface area contributed by atoms with Gasteiger partial charge in [-0.15, -0.1) is 0 Å². The number of hydrogen-bond donors (Lipinski definition) is 2. The summed E-state index contributed by atoms with van der Waals surface area (Å²) in [6.45, 7) is 0.327. The maximum absolute atomic E-state index is 12.3. The number of aliphatic hydroxyl groups is 1. The Morgan fingerprint density at radius 1 is 1.29 bits per heavy atom. The molecule has 0 unspecified atom stereocenters. The van der Waals surface area contributed by atoms with E-state index in [0.29, 0.717) is 13.0 Å². The van der Waals surface area contributed by atoms with Crippen LogP contribution in [0.3, 0.4) is 0 Å². The maximum atomic E-state index is 12.3. The molecule has 1 aliphatic rings. The molecule has 0 atom stereocenters. The van der Waals surface area contributed by atoms with Crippen LogP contribution in [0.15, 0.2) is 0 Å². The maximum Gasteiger partial charge on any atom is 0.391 e. The van der Waals surface area contributed by atoms with Crippen LogP contribution in [0.4, 0.5) is 13.2 Å². The SMILES string of the molecule is NCCC1(O)CCC(C(F)(F)F)CC1. The molecule has 0 aromatic carbocycles. The Balaban J connectivity index is 2.45. The molecular weight excluding hydrogens is 195 g/mol. The number of halogens is 3. The molecule has 0 aliphatic heterocycles. The fourth-order valence-corrected chi connectivity index (χ4v) is 2.00. The molecule has 5 heteroatoms. The summed E-state index contributed by atoms with van der Waals surface area (Å²) in [5, 5.41) is 9.81. The lowest BCUT2D eigenvalue weighted by atomic mass is 9.77. The van der Waals surface area contributed by atoms with Crippen LogP contribution in [0.2, 0.25) is 0 Å². The number of nitrogens with two attached hydrogens (primary N) is 1. The summed E-state index contributed by atoms with van der Waals surface area (Å²) in [6, 6.07) is 0. The van der Waals surface area contributed by atoms with Gasteiger partial charge in [-0.25, -0.2) is 0 Å². The third-order valence-electron chi connectivity index (χ3n) is 2.99. The predicted octanol–water partition coefficient (Wildman–Crippen LogP) is 1.82. The Morgan fingerprint density at radius 2 is 1.79 bits per heavy atom. The zero-order chi connectivity index (χ0) is 10.8. The molecule has 1 fully saturated rings. The normalized spacial score (nSPS) is 34.5. The number of hydrogen-bond acceptors (Lipinski definition) is 2. The minimum absolute atomic E-state index is 0.0278. The van der Waals surface area contributed by atoms with E-state index in [-0.39, 0.29) is 25.7 Å². The molecule has 84 valence electrons. The summed E-state index contributed by atoms with van der Waals surface area (Å²) in [4.78, 5) is 0. The van der Waals surface area contributed by atoms with Crippen molar-refractivity contribution in [2.45, 2.75) is 43.9 Å². The molecule has 0 spiro atoms. The highest BCUT2D eigenvalue weighted by Crippen LogP contribution is 2.41. The molecule has 1 rings (SSSR count). The van der Waals surface area contributed by atoms with Gasteiger partial charge in [0.25, 0.3) is 0 Å². The van der Waals surface area contributed by atoms with Crippen molar-refractivity contribution in [2.75, 3.05) is 6.54 Å². The van der Waals surface area contributed by atoms with Crippen molar-refractivity contribution in [3.05, 3.63) is 0 Å². The van der Waals surface area contributed by atoms with E-state index in [1.165, 1.54) is 0 Å². The Kier molecular flexibility index (Phi) is 3.42. The van der Waals surface area contributed by atoms with Gasteiger partial charge in [0.15, 0.2) is 0 Å². The quantitative estimate of drug-likeness (QED) is 0.731. The molecule has 0 aromatic rings. The molecule has 14 heavy (non-hydrogen) atoms. The molecule has 0 bridgehead atoms. The van der Waals surface area contributed by atoms with Gasteiger partial charge in [0.05, 0.1) is 11.5 Å². The molecule has 2 nitrogen and oxygen atoms in total. The van der Waals surface area contributed by atoms with E-state index in [4.69, 9.17) is 5.73 Å². The third-order valence-corrected chi connectivity index (χ3v) is 2.99. The minimum atomic E-state index is -4.11. The first-order valence-electron chi connectivity index (χ1n) is 4.86. The van der Waals surface area contributed by atoms with E-state index < -0.39 is 17.7 Å². The second kappa shape index (κ2) is 4.06. The third kappa shape index (κ3) is 2.85. The second-order valence-electron chi connectivity index (χ2n) is 4.08. The van der Waals surface area contributed by atoms with Gasteiger partial charge in [0.1, 0.15) is 0 Å². The smallest absolute Gasteiger partial charge is 0.390 e. The molecular formula is C9H16F3NO. The average molecular weight is 211 g/mol. The molecule has 1 aliphatic carbocycles. The van der Waals surface area contributed by atoms with Crippen molar-refractivity contribution >= 4 is 0 Å². The lowest BCUT2D eigenvalue weighted by Gasteiger charge is -2.36. The van der Waals surface area contributed by atoms with Crippen molar-refractivity contribution in [3.8, 4) is 0 Å². The van der Waals surface area contributed by atoms with Crippen LogP contribution in [-0.4, -0.2) is 23.4 Å². The lowest BCUT2D eigenvalue weighted by molar-refractivity contribution is -0.192. The lowest BCUT2D eigenvalue weighted by Crippen LogP contribution is -2.39. The fourth-order valence-electron chi connectivity index (χ4n) is 2.00. The van der Waals surface area contributed by atoms with E-state index in [1.54, 1.807) is 0 Å². The van der Waals surface area contributed by atoms with Gasteiger partial charge in [-0.1, -0.05) is 0 Å². The standard InChI is InChI=1S/C9H16F3NO/c10-9(11,12)7-1-3-8(14,4-2-7)5-6-13/h7,14H,1-6,13H2. The summed E-state index contributed by atoms with van der Waals surface area (Å²) in [5.41, 5.74) is 4.33. The topological polar surface area (TPSA) is 46.2 Å². The molecule has 0 radical (unpaired) electrons. The van der Waals surface area contributed by atoms with Crippen LogP contribution in [-0.2, 0) is 0 Å². The van der Waals surface area contributed by atoms with E-state index in [2.05, 4.69) is 0 Å². The van der Waals surface area contributed by atoms with Crippen molar-refractivity contribution < 1.29 is 18.3 Å². The summed E-state index contributed by atoms with van der Waals surface area (Å²) in [7, 11) is 0. The van der Waals surface area contributed by atoms with Gasteiger partial charge < -0.3 is 10.8 Å². The van der Waals surface area contributed by atoms with Crippen LogP contribution < -0.4 is 5.73 Å². The Labute approximate surface area is 81.3 Å². The van der Waals surface area contributed by atoms with Crippen molar-refractivity contribution in [1.82, 2.24) is 0 Å². The van der Waals surface area contributed by atoms with Crippen LogP contribution in [0.25, 0.3) is 0 Å². The molecule has 0 amide bonds. The van der Waals surface area contributed by atoms with E-state index in [0.717, 1.165) is 0 Å². The van der Waals surface area contributed by atoms with Crippen molar-refractivity contribution in [3.63, 3.8) is 0 Å². The van der Waals surface area contributed by atoms with Gasteiger partial charge in [0.2, 0.25) is 0 Å². The van der Waals surface area contributed by atoms with Gasteiger partial charge >= 0.3 is 6.18 Å². The number of alkyl halides is 3. The van der Waals surface area contributed by atoms with Crippen LogP contribution in [0, 0.1) is 5.92 Å². The average Bonchev–Trinajstić information content (AvgIpc) is 2.03. The highest BCUT2D eigenvalue weighted by molar-refractivity contribution is 4.87. The predicted molar refractivity (Wildman–Crippen MR) is 46.6 cm³/mol. The molecule has 0 heterocycles. The first-order valence-corrected chi connectivity index (χ1v) is 4.86. The van der Waals surface area contributed by atoms with E-state index >= 15 is 0 Å². The first-order chi connectivity index (χ1) is 6.37. The molecule has 0 saturated heterocycles. The Morgan fingerprint density at radius 3 is 2.14 bits per heavy atom. The van der Waals surface area contributed by atoms with E-state index in [9.17, 15) is 18.3 Å². The second-order valence-corrected chi connectivity index (χ2v) is 4.08. The zero-order valence-corrected chi connectivity index (χ0v) is 7.98. The first kappa shape index (κ1) is 11.8. The van der Waals surface area contributed by atoms with E-state index in [1.807, 2.05) is 0 Å². The molecule has 1 saturated carbocycles. The Hall–Kier alpha value is -0.290. The summed E-state index contributed by atoms with van der Waals surface area (Å²) >= 11 is 0. The Bertz CT molecular complexity index is 185. The minimum Gasteiger partial charge on any atom is -0.390 e. The van der Waals surface area contributed by atoms with Crippen molar-refractivity contribution in [1.29, 1.82) is 0 Å². The summed E-state index contributed by atoms with van der Waals surface area (Å²) in [6.07, 6.45) is -3.22. The van der Waals surface area contributed by atoms with Gasteiger partial charge in [-0.05, 0) is 38.6 Å². The zero-order valence-electron chi connectivity index (χ0n) is 7.98. The molecule has 3 N–H and O–H groups in total. The monoisotopic (exact) mass is 211 g/mol. The number of rotatable bonds is 2. The summed E-state index contributed by atoms with van der Waals surface area (Å²) < 4.78 is 36.8.